The van der Waals surface area contributed by atoms with Crippen LogP contribution in [0, 0.1) is 6.92 Å². The van der Waals surface area contributed by atoms with Crippen molar-refractivity contribution in [3.63, 3.8) is 0 Å². The van der Waals surface area contributed by atoms with E-state index in [0.29, 0.717) is 17.5 Å². The Bertz CT molecular complexity index is 696. The molecule has 118 valence electrons. The molecule has 0 aliphatic carbocycles. The fourth-order valence-electron chi connectivity index (χ4n) is 2.70. The first-order valence-electron chi connectivity index (χ1n) is 6.80. The number of hydrogen-bond acceptors (Lipinski definition) is 6. The molecule has 6 nitrogen and oxygen atoms in total. The second kappa shape index (κ2) is 6.03. The first-order chi connectivity index (χ1) is 10.4. The minimum atomic E-state index is -0.766. The lowest BCUT2D eigenvalue weighted by Crippen LogP contribution is -2.06. The molecule has 1 unspecified atom stereocenters. The molecule has 22 heavy (non-hydrogen) atoms. The summed E-state index contributed by atoms with van der Waals surface area (Å²) in [5.74, 6) is -2.78. The molecule has 0 fully saturated rings. The van der Waals surface area contributed by atoms with Gasteiger partial charge in [-0.1, -0.05) is 25.1 Å². The summed E-state index contributed by atoms with van der Waals surface area (Å²) >= 11 is 0. The molecule has 0 aliphatic rings. The lowest BCUT2D eigenvalue weighted by atomic mass is 9.84. The quantitative estimate of drug-likeness (QED) is 0.337. The zero-order chi connectivity index (χ0) is 16.4. The first kappa shape index (κ1) is 15.8. The molecule has 2 rings (SSSR count). The third-order valence-corrected chi connectivity index (χ3v) is 3.83. The maximum absolute atomic E-state index is 10.0. The smallest absolute Gasteiger partial charge is 0.214 e. The highest BCUT2D eigenvalue weighted by molar-refractivity contribution is 5.67. The third kappa shape index (κ3) is 2.37. The van der Waals surface area contributed by atoms with Gasteiger partial charge in [0.25, 0.3) is 0 Å². The normalized spacial score (nSPS) is 12.1. The van der Waals surface area contributed by atoms with Crippen molar-refractivity contribution in [2.45, 2.75) is 26.2 Å². The van der Waals surface area contributed by atoms with E-state index in [9.17, 15) is 20.4 Å². The van der Waals surface area contributed by atoms with E-state index in [1.165, 1.54) is 13.0 Å². The van der Waals surface area contributed by atoms with Crippen LogP contribution in [-0.2, 0) is 0 Å². The fraction of sp³-hybridized carbons (Fsp3) is 0.250. The Balaban J connectivity index is 2.77. The van der Waals surface area contributed by atoms with E-state index in [2.05, 4.69) is 4.89 Å². The largest absolute Gasteiger partial charge is 0.508 e. The molecule has 2 aromatic rings. The van der Waals surface area contributed by atoms with Crippen LogP contribution >= 0.6 is 0 Å². The first-order valence-corrected chi connectivity index (χ1v) is 6.80. The van der Waals surface area contributed by atoms with E-state index < -0.39 is 23.2 Å². The summed E-state index contributed by atoms with van der Waals surface area (Å²) in [7, 11) is 0. The molecule has 2 aromatic carbocycles. The van der Waals surface area contributed by atoms with Gasteiger partial charge in [0.2, 0.25) is 17.2 Å². The van der Waals surface area contributed by atoms with Crippen molar-refractivity contribution in [3.8, 4) is 28.7 Å². The summed E-state index contributed by atoms with van der Waals surface area (Å²) in [6, 6.07) is 6.64. The molecule has 0 aliphatic heterocycles. The van der Waals surface area contributed by atoms with Crippen molar-refractivity contribution in [3.05, 3.63) is 41.0 Å². The van der Waals surface area contributed by atoms with Gasteiger partial charge in [0.05, 0.1) is 0 Å². The lowest BCUT2D eigenvalue weighted by Gasteiger charge is -2.23. The predicted molar refractivity (Wildman–Crippen MR) is 79.7 cm³/mol. The Morgan fingerprint density at radius 3 is 2.18 bits per heavy atom. The highest BCUT2D eigenvalue weighted by Gasteiger charge is 2.29. The molecule has 0 saturated heterocycles. The number of aromatic hydroxyl groups is 4. The topological polar surface area (TPSA) is 110 Å². The van der Waals surface area contributed by atoms with E-state index in [-0.39, 0.29) is 17.1 Å². The number of benzene rings is 2. The summed E-state index contributed by atoms with van der Waals surface area (Å²) in [6.45, 7) is 3.37. The van der Waals surface area contributed by atoms with Gasteiger partial charge < -0.3 is 25.3 Å². The molecule has 1 atom stereocenters. The molecule has 0 radical (unpaired) electrons. The standard InChI is InChI=1S/C16H18O6/c1-3-9(10-6-4-5-7-11(10)17)12-8(2)13(18)14(19)15(20)16(12)22-21/h4-7,9,17-21H,3H2,1-2H3. The molecule has 5 N–H and O–H groups in total. The Morgan fingerprint density at radius 1 is 1.00 bits per heavy atom. The van der Waals surface area contributed by atoms with Gasteiger partial charge in [0, 0.05) is 22.6 Å². The van der Waals surface area contributed by atoms with Gasteiger partial charge in [0.1, 0.15) is 5.75 Å². The minimum absolute atomic E-state index is 0.0460. The Kier molecular flexibility index (Phi) is 4.32. The predicted octanol–water partition coefficient (Wildman–Crippen LogP) is 3.21. The van der Waals surface area contributed by atoms with Gasteiger partial charge in [-0.3, -0.25) is 0 Å². The summed E-state index contributed by atoms with van der Waals surface area (Å²) in [5.41, 5.74) is 1.09. The van der Waals surface area contributed by atoms with Crippen molar-refractivity contribution in [1.82, 2.24) is 0 Å². The molecule has 0 aromatic heterocycles. The summed E-state index contributed by atoms with van der Waals surface area (Å²) in [6.07, 6.45) is 0.498. The van der Waals surface area contributed by atoms with Crippen LogP contribution in [0.2, 0.25) is 0 Å². The van der Waals surface area contributed by atoms with Gasteiger partial charge in [-0.25, -0.2) is 5.26 Å². The molecule has 6 heteroatoms. The van der Waals surface area contributed by atoms with Gasteiger partial charge in [-0.05, 0) is 19.4 Å². The number of phenols is 4. The molecule has 0 bridgehead atoms. The van der Waals surface area contributed by atoms with Crippen LogP contribution in [0.5, 0.6) is 28.7 Å². The van der Waals surface area contributed by atoms with Crippen LogP contribution in [-0.4, -0.2) is 25.7 Å². The van der Waals surface area contributed by atoms with Gasteiger partial charge in [0.15, 0.2) is 5.75 Å². The van der Waals surface area contributed by atoms with E-state index >= 15 is 0 Å². The van der Waals surface area contributed by atoms with Crippen LogP contribution in [0.3, 0.4) is 0 Å². The zero-order valence-corrected chi connectivity index (χ0v) is 12.2. The van der Waals surface area contributed by atoms with Crippen LogP contribution in [0.1, 0.15) is 36.0 Å². The van der Waals surface area contributed by atoms with E-state index in [0.717, 1.165) is 0 Å². The van der Waals surface area contributed by atoms with Crippen molar-refractivity contribution >= 4 is 0 Å². The number of rotatable bonds is 4. The van der Waals surface area contributed by atoms with Crippen molar-refractivity contribution < 1.29 is 30.6 Å². The van der Waals surface area contributed by atoms with Gasteiger partial charge in [-0.2, -0.15) is 0 Å². The van der Waals surface area contributed by atoms with E-state index in [1.807, 2.05) is 6.92 Å². The highest BCUT2D eigenvalue weighted by Crippen LogP contribution is 2.52. The molecular weight excluding hydrogens is 288 g/mol. The molecule has 0 spiro atoms. The number of phenolic OH excluding ortho intramolecular Hbond substituents is 4. The van der Waals surface area contributed by atoms with Crippen molar-refractivity contribution in [1.29, 1.82) is 0 Å². The Morgan fingerprint density at radius 2 is 1.64 bits per heavy atom. The highest BCUT2D eigenvalue weighted by atomic mass is 17.1. The second-order valence-electron chi connectivity index (χ2n) is 5.02. The van der Waals surface area contributed by atoms with Crippen molar-refractivity contribution in [2.24, 2.45) is 0 Å². The van der Waals surface area contributed by atoms with Crippen molar-refractivity contribution in [2.75, 3.05) is 0 Å². The minimum Gasteiger partial charge on any atom is -0.508 e. The van der Waals surface area contributed by atoms with E-state index in [1.54, 1.807) is 18.2 Å². The second-order valence-corrected chi connectivity index (χ2v) is 5.02. The van der Waals surface area contributed by atoms with Gasteiger partial charge >= 0.3 is 0 Å². The maximum Gasteiger partial charge on any atom is 0.214 e. The SMILES string of the molecule is CCC(c1ccccc1O)c1c(C)c(O)c(O)c(O)c1OO. The summed E-state index contributed by atoms with van der Waals surface area (Å²) in [5, 5.41) is 48.6. The molecular formula is C16H18O6. The van der Waals surface area contributed by atoms with Crippen LogP contribution in [0.15, 0.2) is 24.3 Å². The zero-order valence-electron chi connectivity index (χ0n) is 12.2. The fourth-order valence-corrected chi connectivity index (χ4v) is 2.70. The average Bonchev–Trinajstić information content (AvgIpc) is 2.52. The Hall–Kier alpha value is -2.60. The van der Waals surface area contributed by atoms with Crippen LogP contribution < -0.4 is 4.89 Å². The maximum atomic E-state index is 10.0. The molecule has 0 amide bonds. The summed E-state index contributed by atoms with van der Waals surface area (Å²) < 4.78 is 0. The number of hydrogen-bond donors (Lipinski definition) is 5. The monoisotopic (exact) mass is 306 g/mol. The van der Waals surface area contributed by atoms with E-state index in [4.69, 9.17) is 5.26 Å². The molecule has 0 heterocycles. The average molecular weight is 306 g/mol. The molecule has 0 saturated carbocycles. The van der Waals surface area contributed by atoms with Crippen LogP contribution in [0.4, 0.5) is 0 Å². The number of para-hydroxylation sites is 1. The van der Waals surface area contributed by atoms with Gasteiger partial charge in [-0.15, -0.1) is 0 Å². The third-order valence-electron chi connectivity index (χ3n) is 3.83. The van der Waals surface area contributed by atoms with Crippen LogP contribution in [0.25, 0.3) is 0 Å². The Labute approximate surface area is 127 Å². The summed E-state index contributed by atoms with van der Waals surface area (Å²) in [4.78, 5) is 4.23. The lowest BCUT2D eigenvalue weighted by molar-refractivity contribution is -0.140.